The van der Waals surface area contributed by atoms with Gasteiger partial charge in [-0.25, -0.2) is 9.59 Å². The maximum Gasteiger partial charge on any atom is 1.00 e. The van der Waals surface area contributed by atoms with Crippen molar-refractivity contribution in [1.29, 1.82) is 5.26 Å². The number of ether oxygens (including phenoxy) is 3. The van der Waals surface area contributed by atoms with E-state index in [1.54, 1.807) is 49.1 Å². The van der Waals surface area contributed by atoms with Crippen molar-refractivity contribution in [3.05, 3.63) is 200 Å². The molecular weight excluding hydrogens is 1820 g/mol. The molecule has 4 aromatic carbocycles. The molecule has 13 rings (SSSR count). The summed E-state index contributed by atoms with van der Waals surface area (Å²) in [4.78, 5) is 100. The Balaban J connectivity index is 0.00000157. The third-order valence-electron chi connectivity index (χ3n) is 21.8. The van der Waals surface area contributed by atoms with Crippen LogP contribution < -0.4 is 125 Å². The number of esters is 3. The second kappa shape index (κ2) is 66.3. The van der Waals surface area contributed by atoms with Gasteiger partial charge in [0, 0.05) is 137 Å². The predicted octanol–water partition coefficient (Wildman–Crippen LogP) is 7.80. The number of methoxy groups -OCH3 is 3. The zero-order valence-electron chi connectivity index (χ0n) is 79.3. The SMILES string of the molecule is C.C.CC(C)C[C@@]1(C(=O)NCCc2ccncc2)N=CN(CC2CC2)C1c1ccc(Cl)cc1.COC(=O)C(C#N)CC(C)C.COC(=O)[C@]1(CC(C)C)N=CN(CC2CC2)C1c1ccc(Cl)cc1.COC(=O)[C@]1(CC(C)C)N=CN(CC2CC2)C1c1ccc(Cl)cc1.NCC1CC1.NCCc1ccncc1.O=CO[O-].O=Cc1ccc(Cl)cc1.[B]B([B])B([B])P(B([B])[B])B([B])[B].[H-].[K+].[K+]. The number of amides is 1. The second-order valence-corrected chi connectivity index (χ2v) is 39.1. The Kier molecular flexibility index (Phi) is 63.1. The van der Waals surface area contributed by atoms with Gasteiger partial charge in [-0.15, -0.1) is 0 Å². The van der Waals surface area contributed by atoms with Crippen LogP contribution >= 0.6 is 54.0 Å². The largest absolute Gasteiger partial charge is 1.00 e. The number of aromatic nitrogens is 2. The third kappa shape index (κ3) is 43.7. The number of benzene rings is 4. The van der Waals surface area contributed by atoms with Gasteiger partial charge in [-0.05, 0) is 251 Å². The predicted molar refractivity (Wildman–Crippen MR) is 546 cm³/mol. The number of nitriles is 1. The first kappa shape index (κ1) is 127. The van der Waals surface area contributed by atoms with Crippen LogP contribution in [-0.2, 0) is 55.9 Å². The Bertz CT molecular complexity index is 4360. The van der Waals surface area contributed by atoms with Crippen LogP contribution in [-0.4, -0.2) is 237 Å². The minimum atomic E-state index is -1.14. The molecule has 133 heavy (non-hydrogen) atoms. The monoisotopic (exact) mass is 1950 g/mol. The fourth-order valence-corrected chi connectivity index (χ4v) is 17.2. The van der Waals surface area contributed by atoms with Gasteiger partial charge < -0.3 is 57.3 Å². The Hall–Kier alpha value is -4.44. The number of aliphatic imine (C=N–C) groups is 3. The standard InChI is InChI=1S/C25H31ClN4O.2C19H25ClN2O2.C8H13NO2.C7H5ClO.C7H10N2.C4H9N.CH2O3.2CH4.B11P.2K.H/c1-18(2)15-25(24(31)28-14-11-19-9-12-27-13-10-19)23(21-5-7-22(26)8-6-21)30(17-29-25)16-20-3-4-20;2*1-13(2)10-19(18(23)24-3)17(15-6-8-16(20)9-7-15)22(12-21-19)11-14-4-5-14;1-6(2)4-7(5-9)8(10)11-3;8-7-3-1-6(5-9)2-4-7;8-4-1-7-2-5-9-6-3-7;5-3-4-1-2-4;2-1-4-3;;;1-8(2)11(7)12(9(3)4)10(5)6;;;/h5-10,12-13,17-18,20,23H,3-4,11,14-16H2,1-2H3,(H,28,31);2*6-9,12-14,17H,4-5,10-11H2,1-3H3;6-7H,4H2,1-3H3;1-5H;2-3,5-6H,1,4,8H2;4H,1-3,5H2;1,3H;2*1H4;;;;/q;;;;;;;;;;;2*+1;-1/p-1/t23?,25-;2*17?,19-;;;;;;;;;;;/m111.........../s1. The van der Waals surface area contributed by atoms with Crippen LogP contribution in [0.3, 0.4) is 0 Å². The number of hydrogen-bond acceptors (Lipinski definition) is 22. The molecule has 4 fully saturated rings. The van der Waals surface area contributed by atoms with E-state index >= 15 is 0 Å². The van der Waals surface area contributed by atoms with E-state index in [4.69, 9.17) is 152 Å². The number of carbonyl (C=O) groups excluding carboxylic acids is 6. The molecule has 3 aliphatic heterocycles. The minimum absolute atomic E-state index is 0. The van der Waals surface area contributed by atoms with Crippen LogP contribution in [0.4, 0.5) is 0 Å². The average Bonchev–Trinajstić information content (AvgIpc) is 1.60. The molecule has 1 amide bonds. The smallest absolute Gasteiger partial charge is 1.00 e. The molecule has 690 valence electrons. The van der Waals surface area contributed by atoms with E-state index in [0.717, 1.165) is 73.5 Å². The van der Waals surface area contributed by atoms with Crippen molar-refractivity contribution < 1.29 is 157 Å². The van der Waals surface area contributed by atoms with Gasteiger partial charge in [0.15, 0.2) is 16.6 Å². The van der Waals surface area contributed by atoms with Gasteiger partial charge in [0.2, 0.25) is 0 Å². The third-order valence-corrected chi connectivity index (χ3v) is 25.2. The Morgan fingerprint density at radius 2 is 0.857 bits per heavy atom. The summed E-state index contributed by atoms with van der Waals surface area (Å²) in [6.07, 6.45) is 25.6. The van der Waals surface area contributed by atoms with Gasteiger partial charge in [-0.3, -0.25) is 51.7 Å². The molecule has 0 bridgehead atoms. The molecule has 5 heterocycles. The molecule has 4 saturated carbocycles. The van der Waals surface area contributed by atoms with Gasteiger partial charge in [-0.1, -0.05) is 165 Å². The molecule has 4 aliphatic carbocycles. The molecule has 7 atom stereocenters. The maximum atomic E-state index is 13.7. The van der Waals surface area contributed by atoms with Crippen molar-refractivity contribution in [2.45, 2.75) is 195 Å². The fraction of sp³-hybridized carbons (Fsp3) is 0.522. The summed E-state index contributed by atoms with van der Waals surface area (Å²) in [5, 5.41) is 22.9. The molecular formula is C92H128B11Cl4K2N12O11P. The summed E-state index contributed by atoms with van der Waals surface area (Å²) in [6.45, 7) is 21.5. The summed E-state index contributed by atoms with van der Waals surface area (Å²) in [5.41, 5.74) is 14.2. The van der Waals surface area contributed by atoms with Gasteiger partial charge in [0.05, 0.1) is 83.2 Å². The first-order valence-corrected chi connectivity index (χ1v) is 46.9. The van der Waals surface area contributed by atoms with Crippen LogP contribution in [0, 0.1) is 64.6 Å². The molecule has 23 nitrogen and oxygen atoms in total. The summed E-state index contributed by atoms with van der Waals surface area (Å²) in [5.74, 6) is 2.83. The first-order valence-electron chi connectivity index (χ1n) is 43.8. The maximum absolute atomic E-state index is 13.7. The molecule has 0 spiro atoms. The van der Waals surface area contributed by atoms with Crippen LogP contribution in [0.1, 0.15) is 205 Å². The van der Waals surface area contributed by atoms with Crippen LogP contribution in [0.2, 0.25) is 20.1 Å². The summed E-state index contributed by atoms with van der Waals surface area (Å²) in [6, 6.07) is 39.6. The van der Waals surface area contributed by atoms with Gasteiger partial charge >= 0.3 is 121 Å². The number of hydrogen-bond donors (Lipinski definition) is 3. The summed E-state index contributed by atoms with van der Waals surface area (Å²) >= 11 is 23.8. The van der Waals surface area contributed by atoms with Crippen molar-refractivity contribution in [2.75, 3.05) is 60.6 Å². The molecule has 2 aromatic heterocycles. The van der Waals surface area contributed by atoms with Crippen molar-refractivity contribution in [2.24, 2.45) is 79.7 Å². The van der Waals surface area contributed by atoms with Crippen molar-refractivity contribution >= 4 is 189 Å². The fourth-order valence-electron chi connectivity index (χ4n) is 15.1. The summed E-state index contributed by atoms with van der Waals surface area (Å²) in [7, 11) is 41.1. The van der Waals surface area contributed by atoms with E-state index in [9.17, 15) is 24.0 Å². The van der Waals surface area contributed by atoms with Gasteiger partial charge in [0.1, 0.15) is 12.2 Å². The Morgan fingerprint density at radius 3 is 1.11 bits per heavy atom. The average molecular weight is 1950 g/mol. The number of nitrogens with zero attached hydrogens (tertiary/aromatic N) is 9. The molecule has 7 aliphatic rings. The molecule has 0 saturated heterocycles. The van der Waals surface area contributed by atoms with E-state index in [1.165, 1.54) is 78.3 Å². The molecule has 4 unspecified atom stereocenters. The molecule has 41 heteroatoms. The topological polar surface area (TPSA) is 323 Å². The molecule has 14 radical (unpaired) electrons. The van der Waals surface area contributed by atoms with Crippen molar-refractivity contribution in [1.82, 2.24) is 30.0 Å². The second-order valence-electron chi connectivity index (χ2n) is 34.7. The first-order chi connectivity index (χ1) is 61.5. The van der Waals surface area contributed by atoms with Gasteiger partial charge in [0.25, 0.3) is 12.4 Å². The Morgan fingerprint density at radius 1 is 0.534 bits per heavy atom. The van der Waals surface area contributed by atoms with E-state index < -0.39 is 61.1 Å². The van der Waals surface area contributed by atoms with Crippen molar-refractivity contribution in [3.8, 4) is 6.07 Å². The van der Waals surface area contributed by atoms with E-state index in [-0.39, 0.29) is 161 Å². The number of nitrogens with two attached hydrogens (primary N) is 2. The minimum Gasteiger partial charge on any atom is -1.00 e. The van der Waals surface area contributed by atoms with E-state index in [1.807, 2.05) is 136 Å². The number of aldehydes is 1. The van der Waals surface area contributed by atoms with Crippen LogP contribution in [0.25, 0.3) is 0 Å². The normalized spacial score (nSPS) is 18.9. The number of pyridine rings is 2. The zero-order valence-corrected chi connectivity index (χ0v) is 88.5. The zero-order chi connectivity index (χ0) is 95.6. The molecule has 6 aromatic rings. The number of carbonyl (C=O) groups is 6. The van der Waals surface area contributed by atoms with Crippen molar-refractivity contribution in [3.63, 3.8) is 0 Å². The Labute approximate surface area is 911 Å². The molecule has 5 N–H and O–H groups in total. The quantitative estimate of drug-likeness (QED) is 0.00673. The summed E-state index contributed by atoms with van der Waals surface area (Å²) < 4.78 is 14.8. The number of halogens is 4. The van der Waals surface area contributed by atoms with E-state index in [0.29, 0.717) is 106 Å². The number of rotatable bonds is 33. The van der Waals surface area contributed by atoms with E-state index in [2.05, 4.69) is 81.2 Å². The number of nitrogens with one attached hydrogen (secondary N) is 1. The van der Waals surface area contributed by atoms with Gasteiger partial charge in [-0.2, -0.15) is 5.26 Å². The van der Waals surface area contributed by atoms with Crippen LogP contribution in [0.5, 0.6) is 0 Å². The van der Waals surface area contributed by atoms with Crippen LogP contribution in [0.15, 0.2) is 161 Å².